The first-order chi connectivity index (χ1) is 11.4. The van der Waals surface area contributed by atoms with Crippen molar-refractivity contribution >= 4 is 33.8 Å². The first-order valence-electron chi connectivity index (χ1n) is 6.62. The van der Waals surface area contributed by atoms with Crippen molar-refractivity contribution in [2.45, 2.75) is 6.10 Å². The number of rotatable bonds is 4. The lowest BCUT2D eigenvalue weighted by Gasteiger charge is -2.08. The van der Waals surface area contributed by atoms with Crippen molar-refractivity contribution < 1.29 is 18.3 Å². The SMILES string of the molecule is OC(c1cc(F)c(F)c(F)c1)c1nnc(Nc2cccc(Cl)c2)s1. The third-order valence-electron chi connectivity index (χ3n) is 3.07. The molecule has 0 bridgehead atoms. The van der Waals surface area contributed by atoms with Crippen molar-refractivity contribution in [3.05, 3.63) is 69.4 Å². The molecule has 9 heteroatoms. The molecular weight excluding hydrogens is 363 g/mol. The Morgan fingerprint density at radius 1 is 1.08 bits per heavy atom. The molecule has 0 spiro atoms. The Hall–Kier alpha value is -2.16. The summed E-state index contributed by atoms with van der Waals surface area (Å²) in [5.41, 5.74) is 0.510. The second-order valence-electron chi connectivity index (χ2n) is 4.78. The Labute approximate surface area is 143 Å². The summed E-state index contributed by atoms with van der Waals surface area (Å²) in [6.07, 6.45) is -1.43. The molecule has 124 valence electrons. The molecule has 0 aliphatic rings. The van der Waals surface area contributed by atoms with Crippen LogP contribution in [0, 0.1) is 17.5 Å². The van der Waals surface area contributed by atoms with Crippen LogP contribution in [0.2, 0.25) is 5.02 Å². The number of anilines is 2. The van der Waals surface area contributed by atoms with Gasteiger partial charge in [-0.1, -0.05) is 29.0 Å². The van der Waals surface area contributed by atoms with Crippen molar-refractivity contribution in [1.29, 1.82) is 0 Å². The molecular formula is C15H9ClF3N3OS. The number of nitrogens with zero attached hydrogens (tertiary/aromatic N) is 2. The lowest BCUT2D eigenvalue weighted by Crippen LogP contribution is -2.02. The van der Waals surface area contributed by atoms with Crippen LogP contribution in [0.4, 0.5) is 24.0 Å². The predicted octanol–water partition coefficient (Wildman–Crippen LogP) is 4.43. The third kappa shape index (κ3) is 3.50. The largest absolute Gasteiger partial charge is 0.381 e. The first kappa shape index (κ1) is 16.7. The summed E-state index contributed by atoms with van der Waals surface area (Å²) in [7, 11) is 0. The summed E-state index contributed by atoms with van der Waals surface area (Å²) in [5, 5.41) is 21.7. The van der Waals surface area contributed by atoms with Gasteiger partial charge >= 0.3 is 0 Å². The molecule has 1 atom stereocenters. The van der Waals surface area contributed by atoms with Crippen molar-refractivity contribution in [1.82, 2.24) is 10.2 Å². The van der Waals surface area contributed by atoms with Gasteiger partial charge in [-0.3, -0.25) is 0 Å². The molecule has 0 saturated heterocycles. The second-order valence-corrected chi connectivity index (χ2v) is 6.23. The summed E-state index contributed by atoms with van der Waals surface area (Å²) >= 11 is 6.86. The van der Waals surface area contributed by atoms with Crippen LogP contribution < -0.4 is 5.32 Å². The van der Waals surface area contributed by atoms with E-state index in [0.29, 0.717) is 28.0 Å². The lowest BCUT2D eigenvalue weighted by molar-refractivity contribution is 0.217. The van der Waals surface area contributed by atoms with E-state index in [9.17, 15) is 18.3 Å². The third-order valence-corrected chi connectivity index (χ3v) is 4.20. The lowest BCUT2D eigenvalue weighted by atomic mass is 10.1. The van der Waals surface area contributed by atoms with E-state index in [1.807, 2.05) is 0 Å². The maximum Gasteiger partial charge on any atom is 0.210 e. The standard InChI is InChI=1S/C15H9ClF3N3OS/c16-8-2-1-3-9(6-8)20-15-22-21-14(24-15)13(23)7-4-10(17)12(19)11(18)5-7/h1-6,13,23H,(H,20,22). The van der Waals surface area contributed by atoms with Crippen LogP contribution in [0.15, 0.2) is 36.4 Å². The van der Waals surface area contributed by atoms with Gasteiger partial charge in [-0.25, -0.2) is 13.2 Å². The maximum absolute atomic E-state index is 13.3. The van der Waals surface area contributed by atoms with Gasteiger partial charge in [-0.2, -0.15) is 0 Å². The summed E-state index contributed by atoms with van der Waals surface area (Å²) in [4.78, 5) is 0. The number of halogens is 4. The second kappa shape index (κ2) is 6.76. The van der Waals surface area contributed by atoms with Crippen LogP contribution in [0.25, 0.3) is 0 Å². The summed E-state index contributed by atoms with van der Waals surface area (Å²) in [6.45, 7) is 0. The van der Waals surface area contributed by atoms with Crippen LogP contribution in [0.5, 0.6) is 0 Å². The van der Waals surface area contributed by atoms with Crippen LogP contribution >= 0.6 is 22.9 Å². The maximum atomic E-state index is 13.3. The zero-order valence-corrected chi connectivity index (χ0v) is 13.4. The van der Waals surface area contributed by atoms with Crippen molar-refractivity contribution in [2.24, 2.45) is 0 Å². The van der Waals surface area contributed by atoms with E-state index in [-0.39, 0.29) is 10.6 Å². The zero-order chi connectivity index (χ0) is 17.3. The van der Waals surface area contributed by atoms with Crippen LogP contribution in [-0.2, 0) is 0 Å². The van der Waals surface area contributed by atoms with Crippen molar-refractivity contribution in [3.8, 4) is 0 Å². The molecule has 0 aliphatic heterocycles. The Bertz CT molecular complexity index is 867. The van der Waals surface area contributed by atoms with Gasteiger partial charge in [-0.15, -0.1) is 10.2 Å². The smallest absolute Gasteiger partial charge is 0.210 e. The molecule has 0 aliphatic carbocycles. The van der Waals surface area contributed by atoms with Crippen LogP contribution in [0.3, 0.4) is 0 Å². The molecule has 4 nitrogen and oxygen atoms in total. The number of aliphatic hydroxyl groups excluding tert-OH is 1. The van der Waals surface area contributed by atoms with E-state index in [4.69, 9.17) is 11.6 Å². The van der Waals surface area contributed by atoms with Crippen molar-refractivity contribution in [3.63, 3.8) is 0 Å². The van der Waals surface area contributed by atoms with E-state index in [1.54, 1.807) is 24.3 Å². The van der Waals surface area contributed by atoms with Gasteiger partial charge in [0.2, 0.25) is 5.13 Å². The number of aromatic nitrogens is 2. The summed E-state index contributed by atoms with van der Waals surface area (Å²) < 4.78 is 39.5. The fourth-order valence-electron chi connectivity index (χ4n) is 1.96. The fraction of sp³-hybridized carbons (Fsp3) is 0.0667. The minimum atomic E-state index is -1.59. The first-order valence-corrected chi connectivity index (χ1v) is 7.82. The Kier molecular flexibility index (Phi) is 4.70. The Morgan fingerprint density at radius 2 is 1.79 bits per heavy atom. The number of aliphatic hydroxyl groups is 1. The minimum Gasteiger partial charge on any atom is -0.381 e. The molecule has 2 aromatic carbocycles. The van der Waals surface area contributed by atoms with Gasteiger partial charge in [-0.05, 0) is 35.9 Å². The van der Waals surface area contributed by atoms with Crippen molar-refractivity contribution in [2.75, 3.05) is 5.32 Å². The van der Waals surface area contributed by atoms with Gasteiger partial charge in [0.05, 0.1) is 0 Å². The van der Waals surface area contributed by atoms with E-state index >= 15 is 0 Å². The number of nitrogens with one attached hydrogen (secondary N) is 1. The molecule has 0 saturated carbocycles. The summed E-state index contributed by atoms with van der Waals surface area (Å²) in [6, 6.07) is 8.31. The molecule has 3 aromatic rings. The molecule has 0 radical (unpaired) electrons. The average Bonchev–Trinajstić information content (AvgIpc) is 3.00. The molecule has 24 heavy (non-hydrogen) atoms. The fourth-order valence-corrected chi connectivity index (χ4v) is 2.93. The average molecular weight is 372 g/mol. The number of hydrogen-bond acceptors (Lipinski definition) is 5. The quantitative estimate of drug-likeness (QED) is 0.666. The van der Waals surface area contributed by atoms with Gasteiger partial charge in [0.1, 0.15) is 6.10 Å². The molecule has 3 rings (SSSR count). The Morgan fingerprint density at radius 3 is 2.46 bits per heavy atom. The molecule has 1 aromatic heterocycles. The number of benzene rings is 2. The van der Waals surface area contributed by atoms with Crippen LogP contribution in [0.1, 0.15) is 16.7 Å². The topological polar surface area (TPSA) is 58.0 Å². The highest BCUT2D eigenvalue weighted by molar-refractivity contribution is 7.15. The highest BCUT2D eigenvalue weighted by Gasteiger charge is 2.20. The Balaban J connectivity index is 1.82. The van der Waals surface area contributed by atoms with E-state index < -0.39 is 23.6 Å². The molecule has 1 heterocycles. The molecule has 1 unspecified atom stereocenters. The van der Waals surface area contributed by atoms with Gasteiger partial charge in [0, 0.05) is 10.7 Å². The predicted molar refractivity (Wildman–Crippen MR) is 85.0 cm³/mol. The highest BCUT2D eigenvalue weighted by atomic mass is 35.5. The van der Waals surface area contributed by atoms with E-state index in [0.717, 1.165) is 11.3 Å². The zero-order valence-electron chi connectivity index (χ0n) is 11.8. The normalized spacial score (nSPS) is 12.2. The van der Waals surface area contributed by atoms with Gasteiger partial charge in [0.15, 0.2) is 22.5 Å². The van der Waals surface area contributed by atoms with E-state index in [1.165, 1.54) is 0 Å². The van der Waals surface area contributed by atoms with Crippen LogP contribution in [-0.4, -0.2) is 15.3 Å². The minimum absolute atomic E-state index is 0.102. The number of hydrogen-bond donors (Lipinski definition) is 2. The van der Waals surface area contributed by atoms with Gasteiger partial charge in [0.25, 0.3) is 0 Å². The van der Waals surface area contributed by atoms with Gasteiger partial charge < -0.3 is 10.4 Å². The monoisotopic (exact) mass is 371 g/mol. The molecule has 0 fully saturated rings. The summed E-state index contributed by atoms with van der Waals surface area (Å²) in [5.74, 6) is -4.36. The van der Waals surface area contributed by atoms with E-state index in [2.05, 4.69) is 15.5 Å². The highest BCUT2D eigenvalue weighted by Crippen LogP contribution is 2.30. The molecule has 2 N–H and O–H groups in total. The molecule has 0 amide bonds.